The van der Waals surface area contributed by atoms with Gasteiger partial charge >= 0.3 is 0 Å². The van der Waals surface area contributed by atoms with Gasteiger partial charge in [0.15, 0.2) is 11.8 Å². The summed E-state index contributed by atoms with van der Waals surface area (Å²) in [5.74, 6) is -1.23. The number of carbonyl (C=O) groups is 2. The fourth-order valence-electron chi connectivity index (χ4n) is 2.67. The molecule has 0 bridgehead atoms. The number of nitrogens with zero attached hydrogens (tertiary/aromatic N) is 3. The number of ketones is 1. The van der Waals surface area contributed by atoms with Crippen molar-refractivity contribution in [2.75, 3.05) is 13.1 Å². The quantitative estimate of drug-likeness (QED) is 0.288. The summed E-state index contributed by atoms with van der Waals surface area (Å²) in [5.41, 5.74) is -0.805. The molecule has 27 heavy (non-hydrogen) atoms. The molecule has 0 saturated heterocycles. The number of nitro benzene ring substituents is 1. The number of Topliss-reactive ketones (excluding diaryl/α,β-unsaturated/α-hetero) is 1. The average Bonchev–Trinajstić information content (AvgIpc) is 2.65. The average molecular weight is 436 g/mol. The van der Waals surface area contributed by atoms with Gasteiger partial charge in [-0.15, -0.1) is 0 Å². The van der Waals surface area contributed by atoms with E-state index in [9.17, 15) is 24.5 Å². The Morgan fingerprint density at radius 3 is 2.48 bits per heavy atom. The monoisotopic (exact) mass is 435 g/mol. The van der Waals surface area contributed by atoms with Crippen LogP contribution in [0.15, 0.2) is 51.9 Å². The predicted octanol–water partition coefficient (Wildman–Crippen LogP) is 2.81. The van der Waals surface area contributed by atoms with Crippen LogP contribution in [-0.2, 0) is 4.79 Å². The van der Waals surface area contributed by atoms with Gasteiger partial charge in [0.1, 0.15) is 0 Å². The number of pyridine rings is 1. The first-order chi connectivity index (χ1) is 12.8. The Hall–Kier alpha value is -2.81. The number of benzene rings is 1. The molecular formula is C18H18BrN3O5. The second-order valence-electron chi connectivity index (χ2n) is 5.68. The maximum atomic E-state index is 13.1. The molecule has 1 unspecified atom stereocenters. The largest absolute Gasteiger partial charge is 0.341 e. The molecule has 1 aromatic carbocycles. The topological polar surface area (TPSA) is 103 Å². The van der Waals surface area contributed by atoms with E-state index in [-0.39, 0.29) is 11.3 Å². The van der Waals surface area contributed by atoms with Crippen LogP contribution in [0.1, 0.15) is 30.2 Å². The van der Waals surface area contributed by atoms with Gasteiger partial charge in [0.2, 0.25) is 0 Å². The van der Waals surface area contributed by atoms with Crippen molar-refractivity contribution in [2.24, 2.45) is 0 Å². The van der Waals surface area contributed by atoms with E-state index >= 15 is 0 Å². The molecule has 9 heteroatoms. The number of carbonyl (C=O) groups excluding carboxylic acids is 2. The smallest absolute Gasteiger partial charge is 0.270 e. The first kappa shape index (κ1) is 20.5. The number of non-ortho nitro benzene ring substituents is 1. The van der Waals surface area contributed by atoms with Gasteiger partial charge in [0.05, 0.1) is 4.92 Å². The zero-order valence-corrected chi connectivity index (χ0v) is 16.4. The third kappa shape index (κ3) is 4.48. The van der Waals surface area contributed by atoms with Gasteiger partial charge < -0.3 is 4.90 Å². The van der Waals surface area contributed by atoms with E-state index in [2.05, 4.69) is 15.9 Å². The van der Waals surface area contributed by atoms with Crippen molar-refractivity contribution in [1.82, 2.24) is 9.47 Å². The molecule has 2 aromatic rings. The van der Waals surface area contributed by atoms with E-state index in [0.29, 0.717) is 17.6 Å². The molecule has 0 spiro atoms. The molecule has 1 aromatic heterocycles. The van der Waals surface area contributed by atoms with E-state index < -0.39 is 28.2 Å². The van der Waals surface area contributed by atoms with E-state index in [0.717, 1.165) is 10.6 Å². The van der Waals surface area contributed by atoms with Gasteiger partial charge in [-0.1, -0.05) is 12.1 Å². The highest BCUT2D eigenvalue weighted by molar-refractivity contribution is 9.10. The molecule has 0 aliphatic carbocycles. The Kier molecular flexibility index (Phi) is 6.62. The molecule has 0 fully saturated rings. The van der Waals surface area contributed by atoms with Crippen LogP contribution < -0.4 is 5.56 Å². The Labute approximate surface area is 163 Å². The summed E-state index contributed by atoms with van der Waals surface area (Å²) >= 11 is 3.24. The number of rotatable bonds is 7. The summed E-state index contributed by atoms with van der Waals surface area (Å²) in [6, 6.07) is 6.42. The van der Waals surface area contributed by atoms with Crippen LogP contribution in [-0.4, -0.2) is 39.2 Å². The minimum Gasteiger partial charge on any atom is -0.341 e. The zero-order valence-electron chi connectivity index (χ0n) is 14.8. The van der Waals surface area contributed by atoms with Crippen molar-refractivity contribution < 1.29 is 14.5 Å². The molecule has 0 aliphatic rings. The third-order valence-electron chi connectivity index (χ3n) is 4.08. The van der Waals surface area contributed by atoms with Crippen LogP contribution in [0, 0.1) is 10.1 Å². The van der Waals surface area contributed by atoms with Crippen molar-refractivity contribution in [2.45, 2.75) is 19.9 Å². The standard InChI is InChI=1S/C18H18BrN3O5/c1-3-20(4-2)18(25)16(21-11-13(19)8-9-15(21)23)17(24)12-6-5-7-14(10-12)22(26)27/h5-11,16H,3-4H2,1-2H3. The Balaban J connectivity index is 2.62. The van der Waals surface area contributed by atoms with Crippen LogP contribution in [0.3, 0.4) is 0 Å². The SMILES string of the molecule is CCN(CC)C(=O)C(C(=O)c1cccc([N+](=O)[O-])c1)n1cc(Br)ccc1=O. The minimum absolute atomic E-state index is 0.0124. The molecule has 1 atom stereocenters. The lowest BCUT2D eigenvalue weighted by Gasteiger charge is -2.25. The second kappa shape index (κ2) is 8.72. The van der Waals surface area contributed by atoms with Crippen LogP contribution in [0.2, 0.25) is 0 Å². The summed E-state index contributed by atoms with van der Waals surface area (Å²) in [7, 11) is 0. The maximum Gasteiger partial charge on any atom is 0.270 e. The summed E-state index contributed by atoms with van der Waals surface area (Å²) < 4.78 is 1.57. The first-order valence-corrected chi connectivity index (χ1v) is 9.04. The second-order valence-corrected chi connectivity index (χ2v) is 6.59. The molecule has 1 amide bonds. The number of hydrogen-bond acceptors (Lipinski definition) is 5. The highest BCUT2D eigenvalue weighted by Crippen LogP contribution is 2.21. The van der Waals surface area contributed by atoms with Gasteiger partial charge in [-0.2, -0.15) is 0 Å². The van der Waals surface area contributed by atoms with Gasteiger partial charge in [0.25, 0.3) is 17.2 Å². The summed E-state index contributed by atoms with van der Waals surface area (Å²) in [5, 5.41) is 11.0. The molecule has 142 valence electrons. The zero-order chi connectivity index (χ0) is 20.1. The molecule has 1 heterocycles. The van der Waals surface area contributed by atoms with Crippen molar-refractivity contribution in [3.8, 4) is 0 Å². The van der Waals surface area contributed by atoms with Crippen LogP contribution in [0.5, 0.6) is 0 Å². The number of likely N-dealkylation sites (N-methyl/N-ethyl adjacent to an activating group) is 1. The summed E-state index contributed by atoms with van der Waals surface area (Å²) in [4.78, 5) is 50.3. The highest BCUT2D eigenvalue weighted by Gasteiger charge is 2.33. The van der Waals surface area contributed by atoms with Crippen molar-refractivity contribution in [3.05, 3.63) is 73.1 Å². The molecule has 0 saturated carbocycles. The summed E-state index contributed by atoms with van der Waals surface area (Å²) in [6.45, 7) is 4.24. The third-order valence-corrected chi connectivity index (χ3v) is 4.55. The minimum atomic E-state index is -1.45. The fraction of sp³-hybridized carbons (Fsp3) is 0.278. The van der Waals surface area contributed by atoms with Crippen LogP contribution in [0.25, 0.3) is 0 Å². The Bertz CT molecular complexity index is 937. The van der Waals surface area contributed by atoms with Crippen molar-refractivity contribution >= 4 is 33.3 Å². The molecule has 0 radical (unpaired) electrons. The fourth-order valence-corrected chi connectivity index (χ4v) is 3.03. The molecule has 0 aliphatic heterocycles. The molecule has 2 rings (SSSR count). The number of nitro groups is 1. The van der Waals surface area contributed by atoms with E-state index in [4.69, 9.17) is 0 Å². The Morgan fingerprint density at radius 1 is 1.22 bits per heavy atom. The lowest BCUT2D eigenvalue weighted by molar-refractivity contribution is -0.384. The van der Waals surface area contributed by atoms with Gasteiger partial charge in [0, 0.05) is 47.5 Å². The van der Waals surface area contributed by atoms with Crippen LogP contribution >= 0.6 is 15.9 Å². The Morgan fingerprint density at radius 2 is 1.89 bits per heavy atom. The number of amides is 1. The predicted molar refractivity (Wildman–Crippen MR) is 103 cm³/mol. The van der Waals surface area contributed by atoms with Gasteiger partial charge in [-0.25, -0.2) is 0 Å². The number of aromatic nitrogens is 1. The lowest BCUT2D eigenvalue weighted by atomic mass is 10.0. The van der Waals surface area contributed by atoms with E-state index in [1.54, 1.807) is 13.8 Å². The van der Waals surface area contributed by atoms with Crippen LogP contribution in [0.4, 0.5) is 5.69 Å². The lowest BCUT2D eigenvalue weighted by Crippen LogP contribution is -2.43. The maximum absolute atomic E-state index is 13.1. The number of hydrogen-bond donors (Lipinski definition) is 0. The number of halogens is 1. The van der Waals surface area contributed by atoms with Crippen molar-refractivity contribution in [3.63, 3.8) is 0 Å². The highest BCUT2D eigenvalue weighted by atomic mass is 79.9. The van der Waals surface area contributed by atoms with Crippen molar-refractivity contribution in [1.29, 1.82) is 0 Å². The van der Waals surface area contributed by atoms with Gasteiger partial charge in [-0.3, -0.25) is 29.1 Å². The summed E-state index contributed by atoms with van der Waals surface area (Å²) in [6.07, 6.45) is 1.36. The first-order valence-electron chi connectivity index (χ1n) is 8.25. The molecule has 8 nitrogen and oxygen atoms in total. The van der Waals surface area contributed by atoms with Gasteiger partial charge in [-0.05, 0) is 35.8 Å². The molecular weight excluding hydrogens is 418 g/mol. The van der Waals surface area contributed by atoms with E-state index in [1.807, 2.05) is 0 Å². The molecule has 0 N–H and O–H groups in total. The normalized spacial score (nSPS) is 11.7. The van der Waals surface area contributed by atoms with E-state index in [1.165, 1.54) is 41.4 Å².